The molecule has 2 bridgehead atoms. The van der Waals surface area contributed by atoms with E-state index in [2.05, 4.69) is 49.1 Å². The van der Waals surface area contributed by atoms with Gasteiger partial charge in [-0.3, -0.25) is 0 Å². The van der Waals surface area contributed by atoms with Crippen LogP contribution in [0.5, 0.6) is 0 Å². The van der Waals surface area contributed by atoms with Crippen molar-refractivity contribution in [2.75, 3.05) is 14.1 Å². The molecule has 2 atom stereocenters. The number of halogens is 1. The van der Waals surface area contributed by atoms with Gasteiger partial charge in [0.1, 0.15) is 5.60 Å². The molecule has 0 aliphatic carbocycles. The Morgan fingerprint density at radius 3 is 2.00 bits per heavy atom. The summed E-state index contributed by atoms with van der Waals surface area (Å²) in [6.45, 7) is 0. The van der Waals surface area contributed by atoms with E-state index >= 15 is 0 Å². The summed E-state index contributed by atoms with van der Waals surface area (Å²) in [5.74, 6) is 0.626. The fraction of sp³-hybridized carbons (Fsp3) is 0.600. The summed E-state index contributed by atoms with van der Waals surface area (Å²) in [6, 6.07) is 9.89. The normalized spacial score (nSPS) is 28.4. The highest BCUT2D eigenvalue weighted by atomic mass is 127. The molecule has 4 rings (SSSR count). The van der Waals surface area contributed by atoms with Crippen molar-refractivity contribution in [1.82, 2.24) is 0 Å². The molecule has 4 heterocycles. The molecular weight excluding hydrogens is 461 g/mol. The van der Waals surface area contributed by atoms with Crippen LogP contribution in [0.2, 0.25) is 0 Å². The molecule has 2 aromatic rings. The number of quaternary nitrogens is 1. The summed E-state index contributed by atoms with van der Waals surface area (Å²) < 4.78 is 1.20. The first-order chi connectivity index (χ1) is 11.5. The molecule has 0 radical (unpaired) electrons. The lowest BCUT2D eigenvalue weighted by Gasteiger charge is -2.54. The van der Waals surface area contributed by atoms with Gasteiger partial charge in [0.2, 0.25) is 0 Å². The molecule has 1 N–H and O–H groups in total. The highest BCUT2D eigenvalue weighted by molar-refractivity contribution is 7.11. The first-order valence-electron chi connectivity index (χ1n) is 9.14. The van der Waals surface area contributed by atoms with Crippen molar-refractivity contribution >= 4 is 22.7 Å². The molecule has 0 amide bonds. The van der Waals surface area contributed by atoms with Gasteiger partial charge in [0, 0.05) is 22.6 Å². The monoisotopic (exact) mass is 489 g/mol. The fourth-order valence-electron chi connectivity index (χ4n) is 5.13. The molecule has 2 fully saturated rings. The Labute approximate surface area is 176 Å². The summed E-state index contributed by atoms with van der Waals surface area (Å²) >= 11 is 3.38. The topological polar surface area (TPSA) is 20.2 Å². The summed E-state index contributed by atoms with van der Waals surface area (Å²) in [7, 11) is 4.85. The summed E-state index contributed by atoms with van der Waals surface area (Å²) in [5.41, 5.74) is -0.796. The Kier molecular flexibility index (Phi) is 6.01. The van der Waals surface area contributed by atoms with E-state index in [1.54, 1.807) is 22.7 Å². The van der Waals surface area contributed by atoms with Crippen molar-refractivity contribution in [2.45, 2.75) is 56.2 Å². The molecule has 0 aromatic carbocycles. The minimum Gasteiger partial charge on any atom is -1.00 e. The van der Waals surface area contributed by atoms with Crippen molar-refractivity contribution in [3.8, 4) is 0 Å². The Hall–Kier alpha value is 0.0500. The van der Waals surface area contributed by atoms with Crippen LogP contribution in [0.4, 0.5) is 0 Å². The number of rotatable bonds is 4. The van der Waals surface area contributed by atoms with E-state index in [1.165, 1.54) is 36.6 Å². The minimum absolute atomic E-state index is 0. The van der Waals surface area contributed by atoms with Gasteiger partial charge in [0.15, 0.2) is 0 Å². The van der Waals surface area contributed by atoms with E-state index in [1.807, 2.05) is 0 Å². The molecule has 5 heteroatoms. The smallest absolute Gasteiger partial charge is 0.133 e. The average Bonchev–Trinajstić information content (AvgIpc) is 3.22. The zero-order valence-electron chi connectivity index (χ0n) is 15.0. The lowest BCUT2D eigenvalue weighted by atomic mass is 9.72. The van der Waals surface area contributed by atoms with E-state index < -0.39 is 5.60 Å². The SMILES string of the molecule is C[N+]1(C)C2CCCC1CC(CC(O)(c1cccs1)c1cccs1)C2.[I-]. The van der Waals surface area contributed by atoms with Gasteiger partial charge in [0.25, 0.3) is 0 Å². The number of nitrogens with zero attached hydrogens (tertiary/aromatic N) is 1. The maximum absolute atomic E-state index is 11.7. The number of aliphatic hydroxyl groups is 1. The third kappa shape index (κ3) is 3.59. The zero-order valence-corrected chi connectivity index (χ0v) is 18.8. The first-order valence-corrected chi connectivity index (χ1v) is 10.9. The zero-order chi connectivity index (χ0) is 16.8. The van der Waals surface area contributed by atoms with E-state index in [0.29, 0.717) is 5.92 Å². The van der Waals surface area contributed by atoms with Gasteiger partial charge in [-0.15, -0.1) is 22.7 Å². The van der Waals surface area contributed by atoms with Gasteiger partial charge in [-0.25, -0.2) is 0 Å². The highest BCUT2D eigenvalue weighted by Gasteiger charge is 2.48. The number of piperidine rings is 2. The summed E-state index contributed by atoms with van der Waals surface area (Å²) in [5, 5.41) is 15.9. The van der Waals surface area contributed by atoms with Crippen LogP contribution in [0.25, 0.3) is 0 Å². The number of hydrogen-bond acceptors (Lipinski definition) is 3. The summed E-state index contributed by atoms with van der Waals surface area (Å²) in [4.78, 5) is 2.21. The fourth-order valence-corrected chi connectivity index (χ4v) is 6.90. The van der Waals surface area contributed by atoms with E-state index in [9.17, 15) is 5.11 Å². The molecular formula is C20H28INOS2. The maximum atomic E-state index is 11.7. The van der Waals surface area contributed by atoms with Gasteiger partial charge in [-0.2, -0.15) is 0 Å². The summed E-state index contributed by atoms with van der Waals surface area (Å²) in [6.07, 6.45) is 7.52. The van der Waals surface area contributed by atoms with Crippen LogP contribution < -0.4 is 24.0 Å². The van der Waals surface area contributed by atoms with Crippen molar-refractivity contribution in [2.24, 2.45) is 5.92 Å². The van der Waals surface area contributed by atoms with Crippen LogP contribution in [0.15, 0.2) is 35.0 Å². The van der Waals surface area contributed by atoms with Crippen molar-refractivity contribution < 1.29 is 33.6 Å². The van der Waals surface area contributed by atoms with Gasteiger partial charge >= 0.3 is 0 Å². The predicted molar refractivity (Wildman–Crippen MR) is 103 cm³/mol. The first kappa shape index (κ1) is 19.8. The second kappa shape index (κ2) is 7.58. The molecule has 2 unspecified atom stereocenters. The lowest BCUT2D eigenvalue weighted by molar-refractivity contribution is -0.950. The van der Waals surface area contributed by atoms with Crippen LogP contribution in [0.1, 0.15) is 48.3 Å². The quantitative estimate of drug-likeness (QED) is 0.514. The van der Waals surface area contributed by atoms with Gasteiger partial charge in [-0.1, -0.05) is 12.1 Å². The molecule has 25 heavy (non-hydrogen) atoms. The molecule has 2 nitrogen and oxygen atoms in total. The third-order valence-corrected chi connectivity index (χ3v) is 8.65. The Morgan fingerprint density at radius 2 is 1.56 bits per heavy atom. The number of hydrogen-bond donors (Lipinski definition) is 1. The molecule has 0 spiro atoms. The van der Waals surface area contributed by atoms with Crippen LogP contribution in [0.3, 0.4) is 0 Å². The van der Waals surface area contributed by atoms with Crippen LogP contribution in [-0.4, -0.2) is 35.8 Å². The van der Waals surface area contributed by atoms with Crippen LogP contribution in [-0.2, 0) is 5.60 Å². The van der Waals surface area contributed by atoms with Gasteiger partial charge in [-0.05, 0) is 54.5 Å². The molecule has 0 saturated carbocycles. The second-order valence-corrected chi connectivity index (χ2v) is 10.1. The van der Waals surface area contributed by atoms with Crippen molar-refractivity contribution in [3.05, 3.63) is 44.8 Å². The number of fused-ring (bicyclic) bond motifs is 2. The maximum Gasteiger partial charge on any atom is 0.133 e. The molecule has 2 aliphatic heterocycles. The number of thiophene rings is 2. The van der Waals surface area contributed by atoms with Crippen molar-refractivity contribution in [1.29, 1.82) is 0 Å². The standard InChI is InChI=1S/C20H28NOS2.HI/c1-21(2)16-6-3-7-17(21)13-15(12-16)14-20(22,18-8-4-10-23-18)19-9-5-11-24-19;/h4-5,8-11,15-17,22H,3,6-7,12-14H2,1-2H3;1H/q+1;/p-1. The molecule has 138 valence electrons. The predicted octanol–water partition coefficient (Wildman–Crippen LogP) is 1.85. The lowest BCUT2D eigenvalue weighted by Crippen LogP contribution is -3.00. The van der Waals surface area contributed by atoms with E-state index in [4.69, 9.17) is 0 Å². The highest BCUT2D eigenvalue weighted by Crippen LogP contribution is 2.47. The van der Waals surface area contributed by atoms with E-state index in [0.717, 1.165) is 28.3 Å². The van der Waals surface area contributed by atoms with Gasteiger partial charge in [0.05, 0.1) is 26.2 Å². The molecule has 2 aliphatic rings. The molecule has 2 saturated heterocycles. The van der Waals surface area contributed by atoms with E-state index in [-0.39, 0.29) is 24.0 Å². The Bertz CT molecular complexity index is 618. The second-order valence-electron chi connectivity index (χ2n) is 8.22. The average molecular weight is 489 g/mol. The van der Waals surface area contributed by atoms with Gasteiger partial charge < -0.3 is 33.6 Å². The Balaban J connectivity index is 0.00000182. The minimum atomic E-state index is -0.796. The Morgan fingerprint density at radius 1 is 1.04 bits per heavy atom. The third-order valence-electron chi connectivity index (χ3n) is 6.61. The molecule has 2 aromatic heterocycles. The van der Waals surface area contributed by atoms with Crippen LogP contribution >= 0.6 is 22.7 Å². The largest absolute Gasteiger partial charge is 1.00 e. The van der Waals surface area contributed by atoms with Crippen LogP contribution in [0, 0.1) is 5.92 Å². The van der Waals surface area contributed by atoms with Crippen molar-refractivity contribution in [3.63, 3.8) is 0 Å².